The van der Waals surface area contributed by atoms with Crippen molar-refractivity contribution < 1.29 is 9.53 Å². The van der Waals surface area contributed by atoms with Crippen molar-refractivity contribution in [2.24, 2.45) is 0 Å². The van der Waals surface area contributed by atoms with Crippen LogP contribution in [0.1, 0.15) is 30.5 Å². The second kappa shape index (κ2) is 7.12. The largest absolute Gasteiger partial charge is 0.481 e. The summed E-state index contributed by atoms with van der Waals surface area (Å²) in [6.07, 6.45) is 0.327. The molecule has 0 bridgehead atoms. The highest BCUT2D eigenvalue weighted by Gasteiger charge is 2.16. The molecule has 0 heterocycles. The van der Waals surface area contributed by atoms with Crippen LogP contribution in [0.3, 0.4) is 0 Å². The van der Waals surface area contributed by atoms with Crippen LogP contribution < -0.4 is 10.1 Å². The van der Waals surface area contributed by atoms with Gasteiger partial charge in [-0.15, -0.1) is 0 Å². The predicted molar refractivity (Wildman–Crippen MR) is 90.5 cm³/mol. The van der Waals surface area contributed by atoms with Gasteiger partial charge in [0.1, 0.15) is 5.75 Å². The molecule has 0 fully saturated rings. The Bertz CT molecular complexity index is 664. The van der Waals surface area contributed by atoms with E-state index in [-0.39, 0.29) is 5.91 Å². The Morgan fingerprint density at radius 1 is 1.18 bits per heavy atom. The molecule has 2 aromatic carbocycles. The Hall–Kier alpha value is -2.29. The first-order chi connectivity index (χ1) is 10.5. The number of aryl methyl sites for hydroxylation is 3. The van der Waals surface area contributed by atoms with E-state index >= 15 is 0 Å². The second-order valence-electron chi connectivity index (χ2n) is 5.53. The number of ether oxygens (including phenoxy) is 1. The van der Waals surface area contributed by atoms with Crippen molar-refractivity contribution in [3.63, 3.8) is 0 Å². The monoisotopic (exact) mass is 297 g/mol. The lowest BCUT2D eigenvalue weighted by Gasteiger charge is -2.17. The fourth-order valence-corrected chi connectivity index (χ4v) is 2.26. The molecule has 0 aliphatic rings. The first-order valence-corrected chi connectivity index (χ1v) is 7.64. The predicted octanol–water partition coefficient (Wildman–Crippen LogP) is 4.27. The van der Waals surface area contributed by atoms with E-state index in [9.17, 15) is 4.79 Å². The van der Waals surface area contributed by atoms with E-state index in [0.29, 0.717) is 0 Å². The lowest BCUT2D eigenvalue weighted by atomic mass is 10.1. The van der Waals surface area contributed by atoms with E-state index in [1.165, 1.54) is 0 Å². The van der Waals surface area contributed by atoms with Gasteiger partial charge in [-0.2, -0.15) is 0 Å². The molecule has 1 atom stereocenters. The minimum atomic E-state index is -0.551. The van der Waals surface area contributed by atoms with Crippen LogP contribution in [0.4, 0.5) is 5.69 Å². The van der Waals surface area contributed by atoms with Crippen molar-refractivity contribution >= 4 is 11.6 Å². The second-order valence-corrected chi connectivity index (χ2v) is 5.53. The summed E-state index contributed by atoms with van der Waals surface area (Å²) < 4.78 is 5.82. The number of nitrogens with one attached hydrogen (secondary N) is 1. The zero-order chi connectivity index (χ0) is 16.1. The minimum absolute atomic E-state index is 0.137. The summed E-state index contributed by atoms with van der Waals surface area (Å²) in [6, 6.07) is 13.8. The van der Waals surface area contributed by atoms with Gasteiger partial charge < -0.3 is 10.1 Å². The molecule has 1 unspecified atom stereocenters. The quantitative estimate of drug-likeness (QED) is 0.895. The van der Waals surface area contributed by atoms with Crippen molar-refractivity contribution in [3.8, 4) is 5.75 Å². The molecule has 0 spiro atoms. The number of amides is 1. The van der Waals surface area contributed by atoms with E-state index in [1.54, 1.807) is 6.92 Å². The SMILES string of the molecule is CCc1ccccc1NC(=O)C(C)Oc1cc(C)ccc1C. The maximum absolute atomic E-state index is 12.3. The van der Waals surface area contributed by atoms with Crippen LogP contribution in [0.25, 0.3) is 0 Å². The molecule has 22 heavy (non-hydrogen) atoms. The van der Waals surface area contributed by atoms with E-state index in [1.807, 2.05) is 56.3 Å². The average Bonchev–Trinajstić information content (AvgIpc) is 2.51. The molecule has 1 amide bonds. The zero-order valence-electron chi connectivity index (χ0n) is 13.6. The molecule has 0 radical (unpaired) electrons. The smallest absolute Gasteiger partial charge is 0.265 e. The third kappa shape index (κ3) is 3.88. The molecular formula is C19H23NO2. The molecule has 3 nitrogen and oxygen atoms in total. The summed E-state index contributed by atoms with van der Waals surface area (Å²) >= 11 is 0. The number of carbonyl (C=O) groups excluding carboxylic acids is 1. The molecule has 1 N–H and O–H groups in total. The van der Waals surface area contributed by atoms with Gasteiger partial charge in [0.25, 0.3) is 5.91 Å². The topological polar surface area (TPSA) is 38.3 Å². The van der Waals surface area contributed by atoms with Gasteiger partial charge in [0.15, 0.2) is 6.10 Å². The Kier molecular flexibility index (Phi) is 5.21. The highest BCUT2D eigenvalue weighted by molar-refractivity contribution is 5.94. The Labute approximate surface area is 132 Å². The van der Waals surface area contributed by atoms with Gasteiger partial charge in [-0.1, -0.05) is 37.3 Å². The summed E-state index contributed by atoms with van der Waals surface area (Å²) in [5.41, 5.74) is 4.12. The van der Waals surface area contributed by atoms with Gasteiger partial charge in [0.05, 0.1) is 0 Å². The molecule has 2 aromatic rings. The van der Waals surface area contributed by atoms with Crippen molar-refractivity contribution in [1.82, 2.24) is 0 Å². The number of para-hydroxylation sites is 1. The van der Waals surface area contributed by atoms with Gasteiger partial charge >= 0.3 is 0 Å². The number of benzene rings is 2. The number of anilines is 1. The van der Waals surface area contributed by atoms with E-state index < -0.39 is 6.10 Å². The fraction of sp³-hybridized carbons (Fsp3) is 0.316. The number of hydrogen-bond acceptors (Lipinski definition) is 2. The zero-order valence-corrected chi connectivity index (χ0v) is 13.6. The summed E-state index contributed by atoms with van der Waals surface area (Å²) in [5, 5.41) is 2.95. The number of hydrogen-bond donors (Lipinski definition) is 1. The highest BCUT2D eigenvalue weighted by atomic mass is 16.5. The fourth-order valence-electron chi connectivity index (χ4n) is 2.26. The van der Waals surface area contributed by atoms with Gasteiger partial charge in [-0.25, -0.2) is 0 Å². The molecule has 0 aliphatic carbocycles. The number of rotatable bonds is 5. The van der Waals surface area contributed by atoms with Gasteiger partial charge in [0.2, 0.25) is 0 Å². The lowest BCUT2D eigenvalue weighted by Crippen LogP contribution is -2.30. The Balaban J connectivity index is 2.07. The van der Waals surface area contributed by atoms with Crippen LogP contribution in [0, 0.1) is 13.8 Å². The summed E-state index contributed by atoms with van der Waals surface area (Å²) in [7, 11) is 0. The minimum Gasteiger partial charge on any atom is -0.481 e. The van der Waals surface area contributed by atoms with Crippen LogP contribution in [0.2, 0.25) is 0 Å². The van der Waals surface area contributed by atoms with E-state index in [2.05, 4.69) is 12.2 Å². The Morgan fingerprint density at radius 2 is 1.91 bits per heavy atom. The van der Waals surface area contributed by atoms with Crippen molar-refractivity contribution in [2.75, 3.05) is 5.32 Å². The maximum Gasteiger partial charge on any atom is 0.265 e. The van der Waals surface area contributed by atoms with Crippen LogP contribution in [-0.4, -0.2) is 12.0 Å². The number of carbonyl (C=O) groups is 1. The third-order valence-corrected chi connectivity index (χ3v) is 3.67. The molecule has 3 heteroatoms. The maximum atomic E-state index is 12.3. The summed E-state index contributed by atoms with van der Waals surface area (Å²) in [5.74, 6) is 0.619. The normalized spacial score (nSPS) is 11.8. The first kappa shape index (κ1) is 16.1. The molecular weight excluding hydrogens is 274 g/mol. The standard InChI is InChI=1S/C19H23NO2/c1-5-16-8-6-7-9-17(16)20-19(21)15(4)22-18-12-13(2)10-11-14(18)3/h6-12,15H,5H2,1-4H3,(H,20,21). The van der Waals surface area contributed by atoms with Crippen molar-refractivity contribution in [2.45, 2.75) is 40.2 Å². The van der Waals surface area contributed by atoms with Crippen LogP contribution in [-0.2, 0) is 11.2 Å². The molecule has 0 saturated heterocycles. The van der Waals surface area contributed by atoms with Gasteiger partial charge in [-0.05, 0) is 56.0 Å². The molecule has 0 saturated carbocycles. The molecule has 0 aliphatic heterocycles. The van der Waals surface area contributed by atoms with E-state index in [4.69, 9.17) is 4.74 Å². The molecule has 116 valence electrons. The third-order valence-electron chi connectivity index (χ3n) is 3.67. The van der Waals surface area contributed by atoms with Crippen molar-refractivity contribution in [3.05, 3.63) is 59.2 Å². The van der Waals surface area contributed by atoms with Gasteiger partial charge in [-0.3, -0.25) is 4.79 Å². The molecule has 0 aromatic heterocycles. The lowest BCUT2D eigenvalue weighted by molar-refractivity contribution is -0.122. The van der Waals surface area contributed by atoms with Crippen molar-refractivity contribution in [1.29, 1.82) is 0 Å². The summed E-state index contributed by atoms with van der Waals surface area (Å²) in [6.45, 7) is 7.83. The Morgan fingerprint density at radius 3 is 2.64 bits per heavy atom. The van der Waals surface area contributed by atoms with Crippen LogP contribution in [0.15, 0.2) is 42.5 Å². The summed E-state index contributed by atoms with van der Waals surface area (Å²) in [4.78, 5) is 12.3. The van der Waals surface area contributed by atoms with Crippen LogP contribution in [0.5, 0.6) is 5.75 Å². The highest BCUT2D eigenvalue weighted by Crippen LogP contribution is 2.21. The van der Waals surface area contributed by atoms with Gasteiger partial charge in [0, 0.05) is 5.69 Å². The van der Waals surface area contributed by atoms with E-state index in [0.717, 1.165) is 34.5 Å². The average molecular weight is 297 g/mol. The first-order valence-electron chi connectivity index (χ1n) is 7.64. The molecule has 2 rings (SSSR count). The van der Waals surface area contributed by atoms with Crippen LogP contribution >= 0.6 is 0 Å².